The summed E-state index contributed by atoms with van der Waals surface area (Å²) >= 11 is 0. The summed E-state index contributed by atoms with van der Waals surface area (Å²) in [5, 5.41) is 10.4. The van der Waals surface area contributed by atoms with Gasteiger partial charge in [0.2, 0.25) is 0 Å². The number of benzene rings is 2. The second-order valence-electron chi connectivity index (χ2n) is 7.12. The molecule has 0 radical (unpaired) electrons. The molecule has 3 aromatic rings. The van der Waals surface area contributed by atoms with E-state index < -0.39 is 0 Å². The van der Waals surface area contributed by atoms with E-state index in [1.807, 2.05) is 37.3 Å². The molecule has 1 saturated heterocycles. The van der Waals surface area contributed by atoms with Crippen LogP contribution >= 0.6 is 0 Å². The van der Waals surface area contributed by atoms with Gasteiger partial charge in [0, 0.05) is 24.7 Å². The van der Waals surface area contributed by atoms with Crippen molar-refractivity contribution >= 4 is 5.82 Å². The monoisotopic (exact) mass is 363 g/mol. The molecule has 27 heavy (non-hydrogen) atoms. The number of aromatic hydroxyl groups is 1. The first-order valence-electron chi connectivity index (χ1n) is 9.08. The molecule has 0 spiro atoms. The van der Waals surface area contributed by atoms with Crippen LogP contribution in [0.3, 0.4) is 0 Å². The van der Waals surface area contributed by atoms with Crippen LogP contribution < -0.4 is 10.6 Å². The lowest BCUT2D eigenvalue weighted by molar-refractivity contribution is 0.477. The van der Waals surface area contributed by atoms with Crippen LogP contribution in [0.5, 0.6) is 5.75 Å². The van der Waals surface area contributed by atoms with E-state index in [-0.39, 0.29) is 17.6 Å². The van der Waals surface area contributed by atoms with Gasteiger partial charge in [-0.05, 0) is 60.9 Å². The molecular formula is C22H22FN3O. The number of nitrogens with zero attached hydrogens (tertiary/aromatic N) is 2. The SMILES string of the molecule is Cc1ccc(O)c(-c2cc(-c3cccc(F)c3)cc(N3CCC(N)C3)n2)c1. The number of aryl methyl sites for hydroxylation is 1. The summed E-state index contributed by atoms with van der Waals surface area (Å²) in [6.45, 7) is 3.54. The van der Waals surface area contributed by atoms with E-state index in [9.17, 15) is 9.50 Å². The summed E-state index contributed by atoms with van der Waals surface area (Å²) in [4.78, 5) is 6.93. The highest BCUT2D eigenvalue weighted by molar-refractivity contribution is 5.77. The van der Waals surface area contributed by atoms with Crippen molar-refractivity contribution in [3.8, 4) is 28.1 Å². The molecule has 2 heterocycles. The number of pyridine rings is 1. The lowest BCUT2D eigenvalue weighted by atomic mass is 10.0. The Morgan fingerprint density at radius 1 is 1.11 bits per heavy atom. The topological polar surface area (TPSA) is 62.4 Å². The molecule has 0 bridgehead atoms. The largest absolute Gasteiger partial charge is 0.507 e. The van der Waals surface area contributed by atoms with Crippen LogP contribution in [-0.2, 0) is 0 Å². The minimum atomic E-state index is -0.283. The van der Waals surface area contributed by atoms with Crippen molar-refractivity contribution < 1.29 is 9.50 Å². The van der Waals surface area contributed by atoms with Gasteiger partial charge in [-0.2, -0.15) is 0 Å². The number of hydrogen-bond donors (Lipinski definition) is 2. The maximum atomic E-state index is 13.8. The van der Waals surface area contributed by atoms with Gasteiger partial charge in [-0.25, -0.2) is 9.37 Å². The van der Waals surface area contributed by atoms with Crippen molar-refractivity contribution in [1.82, 2.24) is 4.98 Å². The standard InChI is InChI=1S/C22H22FN3O/c1-14-5-6-21(27)19(9-14)20-11-16(15-3-2-4-17(23)10-15)12-22(25-20)26-8-7-18(24)13-26/h2-6,9-12,18,27H,7-8,13,24H2,1H3. The zero-order valence-corrected chi connectivity index (χ0v) is 15.2. The maximum Gasteiger partial charge on any atom is 0.129 e. The first-order chi connectivity index (χ1) is 13.0. The highest BCUT2D eigenvalue weighted by Crippen LogP contribution is 2.34. The Hall–Kier alpha value is -2.92. The number of hydrogen-bond acceptors (Lipinski definition) is 4. The van der Waals surface area contributed by atoms with Gasteiger partial charge < -0.3 is 15.7 Å². The molecule has 0 saturated carbocycles. The Balaban J connectivity index is 1.87. The fraction of sp³-hybridized carbons (Fsp3) is 0.227. The van der Waals surface area contributed by atoms with Crippen LogP contribution in [0.25, 0.3) is 22.4 Å². The lowest BCUT2D eigenvalue weighted by Gasteiger charge is -2.19. The molecule has 0 amide bonds. The van der Waals surface area contributed by atoms with Crippen LogP contribution in [0.4, 0.5) is 10.2 Å². The molecule has 1 unspecified atom stereocenters. The molecule has 0 aliphatic carbocycles. The van der Waals surface area contributed by atoms with Crippen molar-refractivity contribution in [3.05, 3.63) is 66.0 Å². The molecule has 1 atom stereocenters. The van der Waals surface area contributed by atoms with Crippen molar-refractivity contribution in [3.63, 3.8) is 0 Å². The quantitative estimate of drug-likeness (QED) is 0.735. The van der Waals surface area contributed by atoms with Crippen molar-refractivity contribution in [2.24, 2.45) is 5.73 Å². The molecule has 4 nitrogen and oxygen atoms in total. The number of phenolic OH excluding ortho intramolecular Hbond substituents is 1. The summed E-state index contributed by atoms with van der Waals surface area (Å²) in [5.41, 5.74) is 10.1. The Bertz CT molecular complexity index is 989. The minimum absolute atomic E-state index is 0.125. The number of anilines is 1. The zero-order chi connectivity index (χ0) is 19.0. The zero-order valence-electron chi connectivity index (χ0n) is 15.2. The molecule has 5 heteroatoms. The molecule has 3 N–H and O–H groups in total. The van der Waals surface area contributed by atoms with E-state index in [2.05, 4.69) is 4.90 Å². The van der Waals surface area contributed by atoms with E-state index in [0.29, 0.717) is 11.3 Å². The average Bonchev–Trinajstić information content (AvgIpc) is 3.10. The van der Waals surface area contributed by atoms with Crippen LogP contribution in [0.15, 0.2) is 54.6 Å². The van der Waals surface area contributed by atoms with Crippen molar-refractivity contribution in [2.45, 2.75) is 19.4 Å². The Morgan fingerprint density at radius 3 is 2.70 bits per heavy atom. The number of halogens is 1. The highest BCUT2D eigenvalue weighted by atomic mass is 19.1. The second-order valence-corrected chi connectivity index (χ2v) is 7.12. The lowest BCUT2D eigenvalue weighted by Crippen LogP contribution is -2.27. The van der Waals surface area contributed by atoms with Gasteiger partial charge >= 0.3 is 0 Å². The van der Waals surface area contributed by atoms with Gasteiger partial charge in [0.05, 0.1) is 5.69 Å². The Morgan fingerprint density at radius 2 is 1.96 bits per heavy atom. The first-order valence-corrected chi connectivity index (χ1v) is 9.08. The Kier molecular flexibility index (Phi) is 4.54. The summed E-state index contributed by atoms with van der Waals surface area (Å²) in [7, 11) is 0. The van der Waals surface area contributed by atoms with Gasteiger partial charge in [-0.15, -0.1) is 0 Å². The maximum absolute atomic E-state index is 13.8. The fourth-order valence-electron chi connectivity index (χ4n) is 3.50. The van der Waals surface area contributed by atoms with Crippen LogP contribution in [0, 0.1) is 12.7 Å². The van der Waals surface area contributed by atoms with E-state index in [1.165, 1.54) is 12.1 Å². The molecular weight excluding hydrogens is 341 g/mol. The summed E-state index contributed by atoms with van der Waals surface area (Å²) in [5.74, 6) is 0.684. The van der Waals surface area contributed by atoms with Crippen LogP contribution in [-0.4, -0.2) is 29.2 Å². The third-order valence-electron chi connectivity index (χ3n) is 4.95. The smallest absolute Gasteiger partial charge is 0.129 e. The van der Waals surface area contributed by atoms with Crippen molar-refractivity contribution in [1.29, 1.82) is 0 Å². The molecule has 1 aliphatic heterocycles. The molecule has 1 fully saturated rings. The predicted octanol–water partition coefficient (Wildman–Crippen LogP) is 4.11. The molecule has 1 aliphatic rings. The third kappa shape index (κ3) is 3.64. The summed E-state index contributed by atoms with van der Waals surface area (Å²) in [6.07, 6.45) is 0.914. The predicted molar refractivity (Wildman–Crippen MR) is 106 cm³/mol. The van der Waals surface area contributed by atoms with E-state index in [1.54, 1.807) is 12.1 Å². The first kappa shape index (κ1) is 17.5. The third-order valence-corrected chi connectivity index (χ3v) is 4.95. The minimum Gasteiger partial charge on any atom is -0.507 e. The summed E-state index contributed by atoms with van der Waals surface area (Å²) < 4.78 is 13.8. The number of phenols is 1. The van der Waals surface area contributed by atoms with E-state index >= 15 is 0 Å². The van der Waals surface area contributed by atoms with E-state index in [4.69, 9.17) is 10.7 Å². The second kappa shape index (κ2) is 7.00. The van der Waals surface area contributed by atoms with Gasteiger partial charge in [0.15, 0.2) is 0 Å². The van der Waals surface area contributed by atoms with Crippen LogP contribution in [0.2, 0.25) is 0 Å². The van der Waals surface area contributed by atoms with Crippen LogP contribution in [0.1, 0.15) is 12.0 Å². The molecule has 138 valence electrons. The number of nitrogens with two attached hydrogens (primary N) is 1. The van der Waals surface area contributed by atoms with Gasteiger partial charge in [-0.1, -0.05) is 23.8 Å². The highest BCUT2D eigenvalue weighted by Gasteiger charge is 2.22. The summed E-state index contributed by atoms with van der Waals surface area (Å²) in [6, 6.07) is 15.9. The van der Waals surface area contributed by atoms with Gasteiger partial charge in [-0.3, -0.25) is 0 Å². The Labute approximate surface area is 158 Å². The average molecular weight is 363 g/mol. The number of rotatable bonds is 3. The van der Waals surface area contributed by atoms with Gasteiger partial charge in [0.1, 0.15) is 17.4 Å². The fourth-order valence-corrected chi connectivity index (χ4v) is 3.50. The normalized spacial score (nSPS) is 16.7. The van der Waals surface area contributed by atoms with Crippen molar-refractivity contribution in [2.75, 3.05) is 18.0 Å². The van der Waals surface area contributed by atoms with Gasteiger partial charge in [0.25, 0.3) is 0 Å². The molecule has 1 aromatic heterocycles. The van der Waals surface area contributed by atoms with E-state index in [0.717, 1.165) is 42.0 Å². The molecule has 4 rings (SSSR count). The molecule has 2 aromatic carbocycles. The number of aromatic nitrogens is 1.